The molecule has 0 aliphatic heterocycles. The summed E-state index contributed by atoms with van der Waals surface area (Å²) in [6, 6.07) is 64.8. The number of pyridine rings is 1. The van der Waals surface area contributed by atoms with Crippen LogP contribution in [0.4, 0.5) is 0 Å². The highest BCUT2D eigenvalue weighted by Crippen LogP contribution is 2.45. The van der Waals surface area contributed by atoms with Gasteiger partial charge in [0.2, 0.25) is 0 Å². The van der Waals surface area contributed by atoms with Crippen molar-refractivity contribution < 1.29 is 0 Å². The second kappa shape index (κ2) is 12.8. The lowest BCUT2D eigenvalue weighted by Crippen LogP contribution is -1.96. The Morgan fingerprint density at radius 1 is 0.327 bits per heavy atom. The Morgan fingerprint density at radius 3 is 1.64 bits per heavy atom. The van der Waals surface area contributed by atoms with Gasteiger partial charge in [-0.3, -0.25) is 4.98 Å². The van der Waals surface area contributed by atoms with Crippen molar-refractivity contribution in [1.29, 1.82) is 0 Å². The second-order valence-electron chi connectivity index (χ2n) is 14.0. The molecule has 3 heterocycles. The van der Waals surface area contributed by atoms with E-state index in [-0.39, 0.29) is 0 Å². The Kier molecular flexibility index (Phi) is 7.35. The first-order valence-electron chi connectivity index (χ1n) is 18.5. The van der Waals surface area contributed by atoms with E-state index in [1.165, 1.54) is 58.1 Å². The predicted octanol–water partition coefficient (Wildman–Crippen LogP) is 14.0. The summed E-state index contributed by atoms with van der Waals surface area (Å²) < 4.78 is 2.69. The van der Waals surface area contributed by atoms with Gasteiger partial charge in [0.05, 0.1) is 17.1 Å². The lowest BCUT2D eigenvalue weighted by molar-refractivity contribution is 1.18. The first-order chi connectivity index (χ1) is 27.2. The minimum Gasteiger partial charge on any atom is -0.256 e. The second-order valence-corrected chi connectivity index (χ2v) is 15.0. The number of fused-ring (bicyclic) bond motifs is 10. The Labute approximate surface area is 321 Å². The summed E-state index contributed by atoms with van der Waals surface area (Å²) in [7, 11) is 0. The number of hydrogen-bond acceptors (Lipinski definition) is 4. The minimum atomic E-state index is 0.689. The average molecular weight is 718 g/mol. The lowest BCUT2D eigenvalue weighted by atomic mass is 9.91. The third-order valence-corrected chi connectivity index (χ3v) is 12.0. The fourth-order valence-corrected chi connectivity index (χ4v) is 9.30. The van der Waals surface area contributed by atoms with Crippen molar-refractivity contribution in [3.63, 3.8) is 0 Å². The smallest absolute Gasteiger partial charge is 0.160 e. The van der Waals surface area contributed by atoms with Crippen molar-refractivity contribution in [3.05, 3.63) is 188 Å². The van der Waals surface area contributed by atoms with E-state index >= 15 is 0 Å². The van der Waals surface area contributed by atoms with E-state index in [9.17, 15) is 0 Å². The van der Waals surface area contributed by atoms with E-state index in [0.717, 1.165) is 44.9 Å². The first kappa shape index (κ1) is 31.5. The molecule has 4 heteroatoms. The summed E-state index contributed by atoms with van der Waals surface area (Å²) in [6.07, 6.45) is 1.82. The number of benzene rings is 8. The molecule has 0 bridgehead atoms. The average Bonchev–Trinajstić information content (AvgIpc) is 3.66. The highest BCUT2D eigenvalue weighted by atomic mass is 32.1. The quantitative estimate of drug-likeness (QED) is 0.166. The van der Waals surface area contributed by atoms with E-state index in [0.29, 0.717) is 5.82 Å². The molecule has 0 aliphatic rings. The van der Waals surface area contributed by atoms with E-state index in [1.807, 2.05) is 53.9 Å². The molecule has 11 aromatic rings. The van der Waals surface area contributed by atoms with Gasteiger partial charge in [0.15, 0.2) is 5.82 Å². The van der Waals surface area contributed by atoms with E-state index < -0.39 is 0 Å². The van der Waals surface area contributed by atoms with Crippen molar-refractivity contribution in [3.8, 4) is 56.3 Å². The minimum absolute atomic E-state index is 0.689. The number of aromatic nitrogens is 3. The number of nitrogens with zero attached hydrogens (tertiary/aromatic N) is 3. The third-order valence-electron chi connectivity index (χ3n) is 10.8. The fraction of sp³-hybridized carbons (Fsp3) is 0. The molecule has 3 aromatic heterocycles. The number of hydrogen-bond donors (Lipinski definition) is 0. The van der Waals surface area contributed by atoms with Crippen LogP contribution >= 0.6 is 11.3 Å². The van der Waals surface area contributed by atoms with Gasteiger partial charge in [-0.05, 0) is 68.4 Å². The van der Waals surface area contributed by atoms with Crippen LogP contribution in [0.2, 0.25) is 0 Å². The van der Waals surface area contributed by atoms with E-state index in [2.05, 4.69) is 151 Å². The van der Waals surface area contributed by atoms with E-state index in [1.54, 1.807) is 0 Å². The van der Waals surface area contributed by atoms with Crippen LogP contribution in [0.3, 0.4) is 0 Å². The van der Waals surface area contributed by atoms with Crippen molar-refractivity contribution >= 4 is 63.8 Å². The van der Waals surface area contributed by atoms with Gasteiger partial charge in [-0.15, -0.1) is 11.3 Å². The van der Waals surface area contributed by atoms with Gasteiger partial charge in [-0.25, -0.2) is 9.97 Å². The van der Waals surface area contributed by atoms with Gasteiger partial charge in [0.1, 0.15) is 0 Å². The highest BCUT2D eigenvalue weighted by Gasteiger charge is 2.16. The molecule has 0 aliphatic carbocycles. The maximum atomic E-state index is 5.12. The Hall–Kier alpha value is -7.01. The van der Waals surface area contributed by atoms with Crippen LogP contribution in [0.15, 0.2) is 188 Å². The molecule has 55 heavy (non-hydrogen) atoms. The SMILES string of the molecule is c1ccc(-c2cc(-c3ccc(-c4ccc5c(c4)c4ccccc4c4c5ccc5c6ccccc6sc54)cc3)nc(-c3ccc(-c4ccccn4)cc3)n2)cc1. The van der Waals surface area contributed by atoms with Crippen LogP contribution in [0.25, 0.3) is 109 Å². The molecule has 0 unspecified atom stereocenters. The molecule has 256 valence electrons. The zero-order valence-corrected chi connectivity index (χ0v) is 30.5. The van der Waals surface area contributed by atoms with Crippen molar-refractivity contribution in [2.75, 3.05) is 0 Å². The van der Waals surface area contributed by atoms with Gasteiger partial charge < -0.3 is 0 Å². The molecular weight excluding hydrogens is 687 g/mol. The molecule has 3 nitrogen and oxygen atoms in total. The molecule has 0 N–H and O–H groups in total. The summed E-state index contributed by atoms with van der Waals surface area (Å²) in [5.74, 6) is 0.689. The van der Waals surface area contributed by atoms with Crippen LogP contribution in [0, 0.1) is 0 Å². The van der Waals surface area contributed by atoms with Gasteiger partial charge >= 0.3 is 0 Å². The summed E-state index contributed by atoms with van der Waals surface area (Å²) in [4.78, 5) is 14.7. The molecule has 0 amide bonds. The molecular formula is C51H31N3S. The summed E-state index contributed by atoms with van der Waals surface area (Å²) in [5.41, 5.74) is 9.17. The van der Waals surface area contributed by atoms with Crippen LogP contribution in [-0.4, -0.2) is 15.0 Å². The zero-order valence-electron chi connectivity index (χ0n) is 29.6. The summed E-state index contributed by atoms with van der Waals surface area (Å²) in [5, 5.41) is 10.4. The van der Waals surface area contributed by atoms with Crippen molar-refractivity contribution in [2.24, 2.45) is 0 Å². The Morgan fingerprint density at radius 2 is 0.873 bits per heavy atom. The first-order valence-corrected chi connectivity index (χ1v) is 19.3. The molecule has 0 saturated carbocycles. The molecule has 8 aromatic carbocycles. The number of rotatable bonds is 5. The van der Waals surface area contributed by atoms with Crippen LogP contribution in [0.5, 0.6) is 0 Å². The maximum absolute atomic E-state index is 5.12. The van der Waals surface area contributed by atoms with Crippen LogP contribution < -0.4 is 0 Å². The van der Waals surface area contributed by atoms with Gasteiger partial charge in [-0.2, -0.15) is 0 Å². The molecule has 0 saturated heterocycles. The van der Waals surface area contributed by atoms with Crippen LogP contribution in [0.1, 0.15) is 0 Å². The van der Waals surface area contributed by atoms with Gasteiger partial charge in [0, 0.05) is 54.0 Å². The monoisotopic (exact) mass is 717 g/mol. The maximum Gasteiger partial charge on any atom is 0.160 e. The highest BCUT2D eigenvalue weighted by molar-refractivity contribution is 7.26. The topological polar surface area (TPSA) is 38.7 Å². The van der Waals surface area contributed by atoms with E-state index in [4.69, 9.17) is 9.97 Å². The van der Waals surface area contributed by atoms with Crippen molar-refractivity contribution in [1.82, 2.24) is 15.0 Å². The van der Waals surface area contributed by atoms with Gasteiger partial charge in [-0.1, -0.05) is 152 Å². The van der Waals surface area contributed by atoms with Crippen LogP contribution in [-0.2, 0) is 0 Å². The lowest BCUT2D eigenvalue weighted by Gasteiger charge is -2.13. The molecule has 0 fully saturated rings. The summed E-state index contributed by atoms with van der Waals surface area (Å²) >= 11 is 1.90. The van der Waals surface area contributed by atoms with Crippen molar-refractivity contribution in [2.45, 2.75) is 0 Å². The fourth-order valence-electron chi connectivity index (χ4n) is 8.04. The molecule has 0 atom stereocenters. The standard InChI is InChI=1S/C51H31N3S/c1-2-10-33(11-3-1)46-31-47(54-51(53-46)36-23-21-34(22-24-36)45-15-8-9-29-52-45)35-19-17-32(18-20-35)37-25-26-39-42-27-28-43-40-13-6-7-16-48(40)55-50(43)49(42)41-14-5-4-12-38(41)44(39)30-37/h1-31H. The zero-order chi connectivity index (χ0) is 36.3. The third kappa shape index (κ3) is 5.38. The normalized spacial score (nSPS) is 11.6. The molecule has 0 spiro atoms. The summed E-state index contributed by atoms with van der Waals surface area (Å²) in [6.45, 7) is 0. The Bertz CT molecular complexity index is 3200. The largest absolute Gasteiger partial charge is 0.256 e. The molecule has 11 rings (SSSR count). The Balaban J connectivity index is 1.00. The predicted molar refractivity (Wildman–Crippen MR) is 232 cm³/mol. The molecule has 0 radical (unpaired) electrons. The van der Waals surface area contributed by atoms with Gasteiger partial charge in [0.25, 0.3) is 0 Å². The number of thiophene rings is 1.